The molecule has 0 spiro atoms. The van der Waals surface area contributed by atoms with Crippen molar-refractivity contribution in [2.24, 2.45) is 0 Å². The molecule has 1 aromatic heterocycles. The van der Waals surface area contributed by atoms with E-state index in [1.54, 1.807) is 10.9 Å². The van der Waals surface area contributed by atoms with Gasteiger partial charge in [-0.1, -0.05) is 11.8 Å². The minimum atomic E-state index is 0.289. The van der Waals surface area contributed by atoms with E-state index in [-0.39, 0.29) is 6.42 Å². The molecule has 0 fully saturated rings. The first kappa shape index (κ1) is 8.54. The maximum absolute atomic E-state index is 9.93. The topological polar surface area (TPSA) is 34.9 Å². The minimum Gasteiger partial charge on any atom is -0.302 e. The molecule has 0 amide bonds. The van der Waals surface area contributed by atoms with Gasteiger partial charge in [-0.15, -0.1) is 0 Å². The first-order valence-corrected chi connectivity index (χ1v) is 3.81. The highest BCUT2D eigenvalue weighted by atomic mass is 16.1. The van der Waals surface area contributed by atoms with E-state index in [4.69, 9.17) is 0 Å². The smallest absolute Gasteiger partial charge is 0.131 e. The van der Waals surface area contributed by atoms with Gasteiger partial charge in [0.2, 0.25) is 0 Å². The van der Waals surface area contributed by atoms with Crippen molar-refractivity contribution in [1.82, 2.24) is 9.78 Å². The summed E-state index contributed by atoms with van der Waals surface area (Å²) in [7, 11) is 0. The van der Waals surface area contributed by atoms with Crippen LogP contribution >= 0.6 is 0 Å². The standard InChI is InChI=1S/C9H10N2O/c1-2-11-8-9(7-10-11)5-3-4-6-12/h6-8H,2,4H2,1H3. The Kier molecular flexibility index (Phi) is 3.09. The molecule has 62 valence electrons. The summed E-state index contributed by atoms with van der Waals surface area (Å²) in [6, 6.07) is 0. The quantitative estimate of drug-likeness (QED) is 0.477. The summed E-state index contributed by atoms with van der Waals surface area (Å²) in [5.41, 5.74) is 0.860. The van der Waals surface area contributed by atoms with Gasteiger partial charge in [0.05, 0.1) is 18.2 Å². The molecule has 0 aliphatic carbocycles. The van der Waals surface area contributed by atoms with Crippen molar-refractivity contribution >= 4 is 6.29 Å². The van der Waals surface area contributed by atoms with Crippen molar-refractivity contribution < 1.29 is 4.79 Å². The van der Waals surface area contributed by atoms with Crippen LogP contribution in [-0.4, -0.2) is 16.1 Å². The normalized spacial score (nSPS) is 8.75. The van der Waals surface area contributed by atoms with Crippen LogP contribution in [0.2, 0.25) is 0 Å². The van der Waals surface area contributed by atoms with E-state index in [9.17, 15) is 4.79 Å². The Morgan fingerprint density at radius 3 is 3.17 bits per heavy atom. The number of nitrogens with zero attached hydrogens (tertiary/aromatic N) is 2. The van der Waals surface area contributed by atoms with Gasteiger partial charge in [-0.3, -0.25) is 4.68 Å². The Labute approximate surface area is 71.4 Å². The number of rotatable bonds is 2. The van der Waals surface area contributed by atoms with Crippen LogP contribution in [0.3, 0.4) is 0 Å². The van der Waals surface area contributed by atoms with Crippen molar-refractivity contribution in [3.8, 4) is 11.8 Å². The number of hydrogen-bond donors (Lipinski definition) is 0. The summed E-state index contributed by atoms with van der Waals surface area (Å²) in [5.74, 6) is 5.55. The molecule has 0 unspecified atom stereocenters. The van der Waals surface area contributed by atoms with Gasteiger partial charge >= 0.3 is 0 Å². The maximum atomic E-state index is 9.93. The lowest BCUT2D eigenvalue weighted by Gasteiger charge is -1.88. The zero-order chi connectivity index (χ0) is 8.81. The van der Waals surface area contributed by atoms with Crippen LogP contribution < -0.4 is 0 Å². The van der Waals surface area contributed by atoms with E-state index in [2.05, 4.69) is 16.9 Å². The fourth-order valence-corrected chi connectivity index (χ4v) is 0.796. The first-order chi connectivity index (χ1) is 5.86. The van der Waals surface area contributed by atoms with Crippen LogP contribution in [0.15, 0.2) is 12.4 Å². The summed E-state index contributed by atoms with van der Waals surface area (Å²) in [6.07, 6.45) is 4.63. The summed E-state index contributed by atoms with van der Waals surface area (Å²) in [5, 5.41) is 4.04. The lowest BCUT2D eigenvalue weighted by atomic mass is 10.3. The predicted molar refractivity (Wildman–Crippen MR) is 45.5 cm³/mol. The van der Waals surface area contributed by atoms with Gasteiger partial charge in [-0.2, -0.15) is 5.10 Å². The molecule has 12 heavy (non-hydrogen) atoms. The Morgan fingerprint density at radius 1 is 1.75 bits per heavy atom. The van der Waals surface area contributed by atoms with Gasteiger partial charge in [0.1, 0.15) is 6.29 Å². The second-order valence-electron chi connectivity index (χ2n) is 2.26. The van der Waals surface area contributed by atoms with Crippen LogP contribution in [-0.2, 0) is 11.3 Å². The summed E-state index contributed by atoms with van der Waals surface area (Å²) in [4.78, 5) is 9.93. The number of aryl methyl sites for hydroxylation is 1. The second kappa shape index (κ2) is 4.35. The van der Waals surface area contributed by atoms with E-state index in [1.807, 2.05) is 13.1 Å². The summed E-state index contributed by atoms with van der Waals surface area (Å²) >= 11 is 0. The lowest BCUT2D eigenvalue weighted by Crippen LogP contribution is -1.91. The molecule has 0 bridgehead atoms. The second-order valence-corrected chi connectivity index (χ2v) is 2.26. The van der Waals surface area contributed by atoms with Gasteiger partial charge in [0, 0.05) is 12.7 Å². The van der Waals surface area contributed by atoms with Gasteiger partial charge in [0.15, 0.2) is 0 Å². The molecule has 3 heteroatoms. The third-order valence-electron chi connectivity index (χ3n) is 1.38. The predicted octanol–water partition coefficient (Wildman–Crippen LogP) is 0.843. The van der Waals surface area contributed by atoms with Gasteiger partial charge in [0.25, 0.3) is 0 Å². The molecule has 0 radical (unpaired) electrons. The molecule has 0 aliphatic heterocycles. The molecule has 0 atom stereocenters. The number of aldehydes is 1. The highest BCUT2D eigenvalue weighted by Crippen LogP contribution is 1.94. The van der Waals surface area contributed by atoms with Crippen molar-refractivity contribution in [2.45, 2.75) is 19.9 Å². The summed E-state index contributed by atoms with van der Waals surface area (Å²) in [6.45, 7) is 2.85. The van der Waals surface area contributed by atoms with Crippen LogP contribution in [0.1, 0.15) is 18.9 Å². The van der Waals surface area contributed by atoms with E-state index in [0.29, 0.717) is 0 Å². The number of carbonyl (C=O) groups excluding carboxylic acids is 1. The van der Waals surface area contributed by atoms with Crippen LogP contribution in [0.5, 0.6) is 0 Å². The molecule has 0 saturated carbocycles. The molecule has 1 rings (SSSR count). The van der Waals surface area contributed by atoms with Crippen molar-refractivity contribution in [1.29, 1.82) is 0 Å². The SMILES string of the molecule is CCn1cc(C#CCC=O)cn1. The fraction of sp³-hybridized carbons (Fsp3) is 0.333. The average Bonchev–Trinajstić information content (AvgIpc) is 2.53. The van der Waals surface area contributed by atoms with E-state index in [0.717, 1.165) is 18.4 Å². The first-order valence-electron chi connectivity index (χ1n) is 3.81. The molecule has 0 saturated heterocycles. The third kappa shape index (κ3) is 2.24. The van der Waals surface area contributed by atoms with Crippen molar-refractivity contribution in [3.63, 3.8) is 0 Å². The number of aromatic nitrogens is 2. The van der Waals surface area contributed by atoms with Crippen molar-refractivity contribution in [2.75, 3.05) is 0 Å². The molecular weight excluding hydrogens is 152 g/mol. The maximum Gasteiger partial charge on any atom is 0.131 e. The van der Waals surface area contributed by atoms with Crippen molar-refractivity contribution in [3.05, 3.63) is 18.0 Å². The van der Waals surface area contributed by atoms with Gasteiger partial charge in [-0.05, 0) is 6.92 Å². The lowest BCUT2D eigenvalue weighted by molar-refractivity contribution is -0.107. The molecular formula is C9H10N2O. The average molecular weight is 162 g/mol. The van der Waals surface area contributed by atoms with Gasteiger partial charge < -0.3 is 4.79 Å². The Balaban J connectivity index is 2.65. The fourth-order valence-electron chi connectivity index (χ4n) is 0.796. The molecule has 3 nitrogen and oxygen atoms in total. The number of hydrogen-bond acceptors (Lipinski definition) is 2. The van der Waals surface area contributed by atoms with E-state index in [1.165, 1.54) is 0 Å². The summed E-state index contributed by atoms with van der Waals surface area (Å²) < 4.78 is 1.80. The largest absolute Gasteiger partial charge is 0.302 e. The highest BCUT2D eigenvalue weighted by Gasteiger charge is 1.90. The zero-order valence-electron chi connectivity index (χ0n) is 6.95. The minimum absolute atomic E-state index is 0.289. The Morgan fingerprint density at radius 2 is 2.58 bits per heavy atom. The molecule has 0 aromatic carbocycles. The molecule has 1 aromatic rings. The van der Waals surface area contributed by atoms with Gasteiger partial charge in [-0.25, -0.2) is 0 Å². The zero-order valence-corrected chi connectivity index (χ0v) is 6.95. The third-order valence-corrected chi connectivity index (χ3v) is 1.38. The van der Waals surface area contributed by atoms with Crippen LogP contribution in [0, 0.1) is 11.8 Å². The van der Waals surface area contributed by atoms with Crippen LogP contribution in [0.4, 0.5) is 0 Å². The number of carbonyl (C=O) groups is 1. The Bertz CT molecular complexity index is 317. The monoisotopic (exact) mass is 162 g/mol. The Hall–Kier alpha value is -1.56. The van der Waals surface area contributed by atoms with E-state index < -0.39 is 0 Å². The highest BCUT2D eigenvalue weighted by molar-refractivity contribution is 5.54. The van der Waals surface area contributed by atoms with E-state index >= 15 is 0 Å². The molecule has 0 aliphatic rings. The molecule has 1 heterocycles. The molecule has 0 N–H and O–H groups in total. The van der Waals surface area contributed by atoms with Crippen LogP contribution in [0.25, 0.3) is 0 Å².